The molecule has 10 rings (SSSR count). The summed E-state index contributed by atoms with van der Waals surface area (Å²) in [6.45, 7) is -0.765. The second-order valence-corrected chi connectivity index (χ2v) is 22.9. The zero-order valence-electron chi connectivity index (χ0n) is 43.3. The normalized spacial score (nSPS) is 16.9. The Hall–Kier alpha value is -8.18. The van der Waals surface area contributed by atoms with Crippen LogP contribution in [0.1, 0.15) is 43.9 Å². The predicted molar refractivity (Wildman–Crippen MR) is 304 cm³/mol. The number of esters is 2. The molecule has 3 atom stereocenters. The number of amides is 2. The zero-order chi connectivity index (χ0) is 56.8. The molecule has 2 aliphatic rings. The standard InChI is InChI=1S/C59H48F3N5O10S4/c1-73-39-23-19-34(20-24-39)28-76-54(71)44-49(68)41-27-42(60)45(61)46(62)50(41)81-55(44)80-33-58(56(72)77-29-35-21-25-40(74-2)26-22-35)31-67-52(70)48(53(67)79-32-58)64-51(69)47(66-75-3)43-30-78-57(63-43)65-59(36-13-7-4-8-14-36,37-15-9-5-10-16-37)38-17-11-6-12-18-38/h4-27,30,48,53H,28-29,31-33H2,1-3H3,(H,63,65)(H,64,69)/t48?,53-,58?/m1/s1. The average molecular weight is 1170 g/mol. The third kappa shape index (κ3) is 11.3. The summed E-state index contributed by atoms with van der Waals surface area (Å²) < 4.78 is 66.2. The van der Waals surface area contributed by atoms with Crippen LogP contribution in [0, 0.1) is 22.9 Å². The molecule has 22 heteroatoms. The number of thiazole rings is 1. The maximum Gasteiger partial charge on any atom is 0.344 e. The highest BCUT2D eigenvalue weighted by Crippen LogP contribution is 2.47. The Balaban J connectivity index is 0.910. The van der Waals surface area contributed by atoms with Crippen LogP contribution in [0.3, 0.4) is 0 Å². The van der Waals surface area contributed by atoms with Gasteiger partial charge in [-0.25, -0.2) is 22.9 Å². The Morgan fingerprint density at radius 1 is 0.778 bits per heavy atom. The first-order valence-electron chi connectivity index (χ1n) is 24.9. The zero-order valence-corrected chi connectivity index (χ0v) is 46.6. The first-order chi connectivity index (χ1) is 39.3. The number of hydrogen-bond acceptors (Lipinski definition) is 17. The van der Waals surface area contributed by atoms with E-state index in [-0.39, 0.29) is 46.9 Å². The number of aromatic nitrogens is 1. The van der Waals surface area contributed by atoms with Crippen molar-refractivity contribution in [3.05, 3.63) is 218 Å². The molecular formula is C59H48F3N5O10S4. The van der Waals surface area contributed by atoms with Crippen molar-refractivity contribution < 1.29 is 56.1 Å². The molecule has 2 N–H and O–H groups in total. The fourth-order valence-corrected chi connectivity index (χ4v) is 14.5. The van der Waals surface area contributed by atoms with E-state index in [1.807, 2.05) is 91.0 Å². The van der Waals surface area contributed by atoms with Crippen molar-refractivity contribution in [1.29, 1.82) is 0 Å². The molecule has 0 saturated carbocycles. The van der Waals surface area contributed by atoms with Crippen molar-refractivity contribution in [2.24, 2.45) is 10.6 Å². The van der Waals surface area contributed by atoms with Gasteiger partial charge in [-0.2, -0.15) is 0 Å². The highest BCUT2D eigenvalue weighted by molar-refractivity contribution is 8.01. The quantitative estimate of drug-likeness (QED) is 0.0140. The molecule has 0 spiro atoms. The topological polar surface area (TPSA) is 184 Å². The summed E-state index contributed by atoms with van der Waals surface area (Å²) in [6.07, 6.45) is 0. The molecular weight excluding hydrogens is 1120 g/mol. The third-order valence-corrected chi connectivity index (χ3v) is 18.8. The lowest BCUT2D eigenvalue weighted by Crippen LogP contribution is -2.74. The van der Waals surface area contributed by atoms with Gasteiger partial charge >= 0.3 is 11.9 Å². The summed E-state index contributed by atoms with van der Waals surface area (Å²) in [4.78, 5) is 82.8. The summed E-state index contributed by atoms with van der Waals surface area (Å²) >= 11 is 3.72. The number of fused-ring (bicyclic) bond motifs is 2. The van der Waals surface area contributed by atoms with Crippen molar-refractivity contribution in [1.82, 2.24) is 15.2 Å². The van der Waals surface area contributed by atoms with E-state index in [0.717, 1.165) is 28.5 Å². The van der Waals surface area contributed by atoms with Gasteiger partial charge in [0.2, 0.25) is 11.3 Å². The van der Waals surface area contributed by atoms with Crippen molar-refractivity contribution >= 4 is 90.9 Å². The number of anilines is 1. The van der Waals surface area contributed by atoms with Crippen LogP contribution >= 0.6 is 46.2 Å². The van der Waals surface area contributed by atoms with Gasteiger partial charge in [-0.05, 0) is 58.1 Å². The van der Waals surface area contributed by atoms with E-state index in [1.54, 1.807) is 53.9 Å². The molecule has 2 aliphatic heterocycles. The number of rotatable bonds is 20. The number of carbonyl (C=O) groups is 4. The van der Waals surface area contributed by atoms with Gasteiger partial charge in [0, 0.05) is 28.8 Å². The van der Waals surface area contributed by atoms with Crippen LogP contribution in [0.2, 0.25) is 0 Å². The van der Waals surface area contributed by atoms with Crippen LogP contribution in [0.4, 0.5) is 18.3 Å². The first kappa shape index (κ1) is 56.1. The van der Waals surface area contributed by atoms with Gasteiger partial charge in [0.05, 0.1) is 23.1 Å². The molecule has 2 fully saturated rings. The number of oxime groups is 1. The number of nitrogens with zero attached hydrogens (tertiary/aromatic N) is 3. The fraction of sp³-hybridized carbons (Fsp3) is 0.203. The predicted octanol–water partition coefficient (Wildman–Crippen LogP) is 10.2. The number of β-lactam (4-membered cyclic amide) rings is 1. The summed E-state index contributed by atoms with van der Waals surface area (Å²) in [5.74, 6) is -7.51. The molecule has 8 aromatic rings. The van der Waals surface area contributed by atoms with Crippen molar-refractivity contribution in [3.63, 3.8) is 0 Å². The van der Waals surface area contributed by atoms with E-state index >= 15 is 4.39 Å². The smallest absolute Gasteiger partial charge is 0.344 e. The first-order valence-corrected chi connectivity index (χ1v) is 28.6. The van der Waals surface area contributed by atoms with Gasteiger partial charge < -0.3 is 39.3 Å². The third-order valence-electron chi connectivity index (χ3n) is 13.7. The van der Waals surface area contributed by atoms with Gasteiger partial charge in [-0.1, -0.05) is 120 Å². The van der Waals surface area contributed by atoms with E-state index < -0.39 is 84.7 Å². The van der Waals surface area contributed by atoms with Crippen LogP contribution < -0.4 is 25.5 Å². The lowest BCUT2D eigenvalue weighted by Gasteiger charge is -2.54. The Morgan fingerprint density at radius 2 is 1.35 bits per heavy atom. The summed E-state index contributed by atoms with van der Waals surface area (Å²) in [5.41, 5.74) is -0.377. The Kier molecular flexibility index (Phi) is 16.8. The van der Waals surface area contributed by atoms with E-state index in [1.165, 1.54) is 49.3 Å². The monoisotopic (exact) mass is 1170 g/mol. The number of hydrogen-bond donors (Lipinski definition) is 2. The van der Waals surface area contributed by atoms with E-state index in [4.69, 9.17) is 28.8 Å². The number of thioether (sulfide) groups is 2. The number of ether oxygens (including phenoxy) is 4. The molecule has 81 heavy (non-hydrogen) atoms. The Bertz CT molecular complexity index is 3630. The molecule has 2 aromatic heterocycles. The molecule has 4 heterocycles. The van der Waals surface area contributed by atoms with Gasteiger partial charge in [-0.3, -0.25) is 19.2 Å². The average Bonchev–Trinajstić information content (AvgIpc) is 4.11. The molecule has 6 aromatic carbocycles. The molecule has 2 amide bonds. The highest BCUT2D eigenvalue weighted by Gasteiger charge is 2.58. The van der Waals surface area contributed by atoms with Crippen molar-refractivity contribution in [2.45, 2.75) is 34.4 Å². The van der Waals surface area contributed by atoms with E-state index in [0.29, 0.717) is 45.2 Å². The van der Waals surface area contributed by atoms with Crippen molar-refractivity contribution in [2.75, 3.05) is 44.7 Å². The Morgan fingerprint density at radius 3 is 1.90 bits per heavy atom. The molecule has 2 unspecified atom stereocenters. The summed E-state index contributed by atoms with van der Waals surface area (Å²) in [7, 11) is 4.27. The molecule has 2 saturated heterocycles. The molecule has 414 valence electrons. The maximum absolute atomic E-state index is 15.5. The summed E-state index contributed by atoms with van der Waals surface area (Å²) in [6, 6.07) is 42.4. The van der Waals surface area contributed by atoms with Gasteiger partial charge in [-0.15, -0.1) is 46.2 Å². The minimum absolute atomic E-state index is 0.0255. The second kappa shape index (κ2) is 24.3. The minimum Gasteiger partial charge on any atom is -0.497 e. The minimum atomic E-state index is -1.82. The lowest BCUT2D eigenvalue weighted by atomic mass is 9.77. The van der Waals surface area contributed by atoms with Crippen LogP contribution in [0.25, 0.3) is 10.1 Å². The number of halogens is 3. The number of nitrogens with one attached hydrogen (secondary N) is 2. The van der Waals surface area contributed by atoms with Crippen LogP contribution in [0.15, 0.2) is 165 Å². The highest BCUT2D eigenvalue weighted by atomic mass is 32.2. The van der Waals surface area contributed by atoms with Crippen LogP contribution in [0.5, 0.6) is 11.5 Å². The number of methoxy groups -OCH3 is 2. The lowest BCUT2D eigenvalue weighted by molar-refractivity contribution is -0.162. The molecule has 0 bridgehead atoms. The summed E-state index contributed by atoms with van der Waals surface area (Å²) in [5, 5.41) is 11.4. The SMILES string of the molecule is CON=C(C(=O)NC1C(=O)N2CC(CSc3sc4c(F)c(F)c(F)cc4c(=O)c3C(=O)OCc3ccc(OC)cc3)(C(=O)OCc3ccc(OC)cc3)CS[C@H]12)c1csc(NC(c2ccccc2)(c2ccccc2)c2ccccc2)n1. The van der Waals surface area contributed by atoms with Crippen LogP contribution in [-0.2, 0) is 47.4 Å². The van der Waals surface area contributed by atoms with Crippen LogP contribution in [-0.4, -0.2) is 90.1 Å². The van der Waals surface area contributed by atoms with E-state index in [9.17, 15) is 32.8 Å². The second-order valence-electron chi connectivity index (χ2n) is 18.6. The van der Waals surface area contributed by atoms with Gasteiger partial charge in [0.1, 0.15) is 65.4 Å². The molecule has 15 nitrogen and oxygen atoms in total. The van der Waals surface area contributed by atoms with E-state index in [2.05, 4.69) is 15.8 Å². The number of carbonyl (C=O) groups excluding carboxylic acids is 4. The molecule has 0 radical (unpaired) electrons. The maximum atomic E-state index is 15.5. The van der Waals surface area contributed by atoms with Crippen molar-refractivity contribution in [3.8, 4) is 11.5 Å². The molecule has 0 aliphatic carbocycles. The van der Waals surface area contributed by atoms with Gasteiger partial charge in [0.25, 0.3) is 5.91 Å². The Labute approximate surface area is 478 Å². The van der Waals surface area contributed by atoms with Gasteiger partial charge in [0.15, 0.2) is 28.3 Å². The largest absolute Gasteiger partial charge is 0.497 e. The number of benzene rings is 6. The fourth-order valence-electron chi connectivity index (χ4n) is 9.45.